The molecule has 0 radical (unpaired) electrons. The molecule has 4 rings (SSSR count). The van der Waals surface area contributed by atoms with Gasteiger partial charge >= 0.3 is 5.97 Å². The molecule has 0 heterocycles. The molecule has 5 heteroatoms. The molecule has 1 fully saturated rings. The SMILES string of the molecule is CCC(C(=O)O)C(c1cccc(CSc2ccc(-c3cc(OC)ccc3F)c(CC(C)(C)C)c2)c1)C1CC1. The number of carbonyl (C=O) groups is 1. The van der Waals surface area contributed by atoms with Crippen LogP contribution in [-0.4, -0.2) is 18.2 Å². The van der Waals surface area contributed by atoms with E-state index in [-0.39, 0.29) is 23.1 Å². The lowest BCUT2D eigenvalue weighted by molar-refractivity contribution is -0.142. The van der Waals surface area contributed by atoms with Crippen molar-refractivity contribution < 1.29 is 19.0 Å². The van der Waals surface area contributed by atoms with Crippen molar-refractivity contribution in [1.29, 1.82) is 0 Å². The third-order valence-corrected chi connectivity index (χ3v) is 8.39. The molecular weight excluding hydrogens is 495 g/mol. The molecular formula is C33H39FO3S. The normalized spacial score (nSPS) is 15.2. The molecule has 0 saturated heterocycles. The van der Waals surface area contributed by atoms with Gasteiger partial charge in [-0.15, -0.1) is 11.8 Å². The molecule has 202 valence electrons. The minimum atomic E-state index is -0.692. The fourth-order valence-corrected chi connectivity index (χ4v) is 6.31. The van der Waals surface area contributed by atoms with E-state index in [2.05, 4.69) is 57.2 Å². The molecule has 3 nitrogen and oxygen atoms in total. The molecule has 0 aliphatic heterocycles. The average Bonchev–Trinajstić information content (AvgIpc) is 3.71. The number of benzene rings is 3. The first-order valence-corrected chi connectivity index (χ1v) is 14.5. The third kappa shape index (κ3) is 6.99. The van der Waals surface area contributed by atoms with Crippen LogP contribution in [0.5, 0.6) is 5.75 Å². The summed E-state index contributed by atoms with van der Waals surface area (Å²) >= 11 is 1.76. The van der Waals surface area contributed by atoms with Crippen molar-refractivity contribution in [3.63, 3.8) is 0 Å². The summed E-state index contributed by atoms with van der Waals surface area (Å²) in [5.74, 6) is 0.699. The maximum atomic E-state index is 14.9. The Morgan fingerprint density at radius 3 is 2.47 bits per heavy atom. The second-order valence-electron chi connectivity index (χ2n) is 11.7. The van der Waals surface area contributed by atoms with E-state index < -0.39 is 5.97 Å². The Morgan fingerprint density at radius 2 is 1.84 bits per heavy atom. The molecule has 0 bridgehead atoms. The Morgan fingerprint density at radius 1 is 1.08 bits per heavy atom. The Labute approximate surface area is 230 Å². The van der Waals surface area contributed by atoms with Crippen LogP contribution in [0, 0.1) is 23.1 Å². The van der Waals surface area contributed by atoms with Crippen LogP contribution in [0.15, 0.2) is 65.6 Å². The number of hydrogen-bond acceptors (Lipinski definition) is 3. The van der Waals surface area contributed by atoms with Crippen LogP contribution in [0.4, 0.5) is 4.39 Å². The van der Waals surface area contributed by atoms with Crippen LogP contribution in [0.2, 0.25) is 0 Å². The molecule has 3 aromatic carbocycles. The van der Waals surface area contributed by atoms with E-state index >= 15 is 0 Å². The van der Waals surface area contributed by atoms with Gasteiger partial charge in [-0.3, -0.25) is 4.79 Å². The summed E-state index contributed by atoms with van der Waals surface area (Å²) in [6, 6.07) is 19.7. The van der Waals surface area contributed by atoms with Gasteiger partial charge in [-0.05, 0) is 95.5 Å². The smallest absolute Gasteiger partial charge is 0.307 e. The van der Waals surface area contributed by atoms with Gasteiger partial charge in [0.25, 0.3) is 0 Å². The van der Waals surface area contributed by atoms with E-state index in [9.17, 15) is 14.3 Å². The fraction of sp³-hybridized carbons (Fsp3) is 0.424. The average molecular weight is 535 g/mol. The number of ether oxygens (including phenoxy) is 1. The number of methoxy groups -OCH3 is 1. The lowest BCUT2D eigenvalue weighted by Gasteiger charge is -2.24. The lowest BCUT2D eigenvalue weighted by atomic mass is 9.80. The fourth-order valence-electron chi connectivity index (χ4n) is 5.41. The maximum absolute atomic E-state index is 14.9. The molecule has 1 saturated carbocycles. The van der Waals surface area contributed by atoms with E-state index in [1.165, 1.54) is 11.6 Å². The summed E-state index contributed by atoms with van der Waals surface area (Å²) in [6.07, 6.45) is 3.69. The highest BCUT2D eigenvalue weighted by Crippen LogP contribution is 2.48. The van der Waals surface area contributed by atoms with Crippen molar-refractivity contribution in [2.45, 2.75) is 69.9 Å². The van der Waals surface area contributed by atoms with Gasteiger partial charge in [-0.2, -0.15) is 0 Å². The Balaban J connectivity index is 1.59. The van der Waals surface area contributed by atoms with E-state index in [0.29, 0.717) is 23.7 Å². The molecule has 2 unspecified atom stereocenters. The van der Waals surface area contributed by atoms with Crippen molar-refractivity contribution in [1.82, 2.24) is 0 Å². The summed E-state index contributed by atoms with van der Waals surface area (Å²) in [7, 11) is 1.60. The highest BCUT2D eigenvalue weighted by Gasteiger charge is 2.40. The van der Waals surface area contributed by atoms with Crippen LogP contribution in [0.1, 0.15) is 69.6 Å². The molecule has 38 heavy (non-hydrogen) atoms. The van der Waals surface area contributed by atoms with Crippen molar-refractivity contribution in [2.75, 3.05) is 7.11 Å². The van der Waals surface area contributed by atoms with E-state index in [1.807, 2.05) is 13.0 Å². The molecule has 1 N–H and O–H groups in total. The number of rotatable bonds is 11. The van der Waals surface area contributed by atoms with Gasteiger partial charge in [0.2, 0.25) is 0 Å². The first-order valence-electron chi connectivity index (χ1n) is 13.5. The number of carboxylic acids is 1. The van der Waals surface area contributed by atoms with Crippen molar-refractivity contribution in [3.8, 4) is 16.9 Å². The summed E-state index contributed by atoms with van der Waals surface area (Å²) in [5.41, 5.74) is 4.96. The third-order valence-electron chi connectivity index (χ3n) is 7.32. The highest BCUT2D eigenvalue weighted by atomic mass is 32.2. The van der Waals surface area contributed by atoms with E-state index in [4.69, 9.17) is 4.74 Å². The summed E-state index contributed by atoms with van der Waals surface area (Å²) in [5, 5.41) is 9.83. The number of aliphatic carboxylic acids is 1. The molecule has 0 amide bonds. The zero-order chi connectivity index (χ0) is 27.4. The number of halogens is 1. The lowest BCUT2D eigenvalue weighted by Crippen LogP contribution is -2.23. The van der Waals surface area contributed by atoms with Crippen molar-refractivity contribution >= 4 is 17.7 Å². The highest BCUT2D eigenvalue weighted by molar-refractivity contribution is 7.98. The molecule has 3 aromatic rings. The second kappa shape index (κ2) is 11.9. The number of thioether (sulfide) groups is 1. The van der Waals surface area contributed by atoms with E-state index in [0.717, 1.165) is 46.6 Å². The second-order valence-corrected chi connectivity index (χ2v) is 12.7. The largest absolute Gasteiger partial charge is 0.497 e. The van der Waals surface area contributed by atoms with Crippen molar-refractivity contribution in [3.05, 3.63) is 83.2 Å². The van der Waals surface area contributed by atoms with Gasteiger partial charge in [0, 0.05) is 16.2 Å². The molecule has 0 aromatic heterocycles. The van der Waals surface area contributed by atoms with Crippen LogP contribution in [0.25, 0.3) is 11.1 Å². The predicted octanol–water partition coefficient (Wildman–Crippen LogP) is 8.99. The summed E-state index contributed by atoms with van der Waals surface area (Å²) < 4.78 is 20.2. The van der Waals surface area contributed by atoms with Gasteiger partial charge in [-0.1, -0.05) is 58.0 Å². The summed E-state index contributed by atoms with van der Waals surface area (Å²) in [4.78, 5) is 13.1. The number of carboxylic acid groups (broad SMARTS) is 1. The topological polar surface area (TPSA) is 46.5 Å². The first-order chi connectivity index (χ1) is 18.1. The Kier molecular flexibility index (Phi) is 8.87. The Hall–Kier alpha value is -2.79. The van der Waals surface area contributed by atoms with Crippen molar-refractivity contribution in [2.24, 2.45) is 17.3 Å². The standard InChI is InChI=1S/C33H39FO3S/c1-6-27(32(35)36)31(22-10-11-22)23-9-7-8-21(16-23)20-38-26-13-14-28(24(17-26)19-33(2,3)4)29-18-25(37-5)12-15-30(29)34/h7-9,12-18,22,27,31H,6,10-11,19-20H2,1-5H3,(H,35,36). The molecule has 1 aliphatic carbocycles. The minimum Gasteiger partial charge on any atom is -0.497 e. The Bertz CT molecular complexity index is 1280. The molecule has 1 aliphatic rings. The zero-order valence-electron chi connectivity index (χ0n) is 23.1. The van der Waals surface area contributed by atoms with E-state index in [1.54, 1.807) is 31.0 Å². The van der Waals surface area contributed by atoms with Gasteiger partial charge < -0.3 is 9.84 Å². The first kappa shape index (κ1) is 28.2. The quantitative estimate of drug-likeness (QED) is 0.249. The van der Waals surface area contributed by atoms with Gasteiger partial charge in [0.15, 0.2) is 0 Å². The predicted molar refractivity (Wildman–Crippen MR) is 154 cm³/mol. The zero-order valence-corrected chi connectivity index (χ0v) is 23.9. The van der Waals surface area contributed by atoms with Crippen LogP contribution in [-0.2, 0) is 17.0 Å². The van der Waals surface area contributed by atoms with Gasteiger partial charge in [0.05, 0.1) is 13.0 Å². The number of hydrogen-bond donors (Lipinski definition) is 1. The van der Waals surface area contributed by atoms with Gasteiger partial charge in [-0.25, -0.2) is 4.39 Å². The van der Waals surface area contributed by atoms with Crippen LogP contribution < -0.4 is 4.74 Å². The monoisotopic (exact) mass is 534 g/mol. The maximum Gasteiger partial charge on any atom is 0.307 e. The minimum absolute atomic E-state index is 0.0412. The summed E-state index contributed by atoms with van der Waals surface area (Å²) in [6.45, 7) is 8.56. The molecule has 0 spiro atoms. The molecule has 2 atom stereocenters. The van der Waals surface area contributed by atoms with Gasteiger partial charge in [0.1, 0.15) is 11.6 Å². The van der Waals surface area contributed by atoms with Crippen LogP contribution in [0.3, 0.4) is 0 Å². The van der Waals surface area contributed by atoms with Crippen LogP contribution >= 0.6 is 11.8 Å².